The molecule has 7 heteroatoms. The van der Waals surface area contributed by atoms with E-state index in [1.54, 1.807) is 12.4 Å². The van der Waals surface area contributed by atoms with E-state index in [9.17, 15) is 10.1 Å². The summed E-state index contributed by atoms with van der Waals surface area (Å²) in [5.41, 5.74) is 13.1. The third-order valence-corrected chi connectivity index (χ3v) is 8.17. The van der Waals surface area contributed by atoms with E-state index < -0.39 is 5.92 Å². The predicted octanol–water partition coefficient (Wildman–Crippen LogP) is 6.98. The first-order valence-electron chi connectivity index (χ1n) is 12.9. The van der Waals surface area contributed by atoms with Gasteiger partial charge in [0.1, 0.15) is 18.2 Å². The smallest absolute Gasteiger partial charge is 0.162 e. The lowest BCUT2D eigenvalue weighted by atomic mass is 9.68. The molecule has 1 aliphatic carbocycles. The van der Waals surface area contributed by atoms with E-state index in [1.165, 1.54) is 0 Å². The minimum absolute atomic E-state index is 0.0484. The third kappa shape index (κ3) is 4.97. The van der Waals surface area contributed by atoms with E-state index in [2.05, 4.69) is 53.0 Å². The Morgan fingerprint density at radius 2 is 1.95 bits per heavy atom. The number of carbonyl (C=O) groups excluding carboxylic acids is 1. The first kappa shape index (κ1) is 26.7. The van der Waals surface area contributed by atoms with Gasteiger partial charge >= 0.3 is 0 Å². The van der Waals surface area contributed by atoms with Gasteiger partial charge in [0.05, 0.1) is 33.9 Å². The highest BCUT2D eigenvalue weighted by Crippen LogP contribution is 2.50. The summed E-state index contributed by atoms with van der Waals surface area (Å²) >= 11 is 3.55. The molecule has 198 valence electrons. The van der Waals surface area contributed by atoms with Crippen molar-refractivity contribution in [2.45, 2.75) is 53.1 Å². The van der Waals surface area contributed by atoms with Crippen molar-refractivity contribution in [1.29, 1.82) is 5.26 Å². The molecule has 3 aromatic rings. The molecule has 1 atom stereocenters. The van der Waals surface area contributed by atoms with Gasteiger partial charge < -0.3 is 10.5 Å². The van der Waals surface area contributed by atoms with Crippen molar-refractivity contribution in [2.75, 3.05) is 4.90 Å². The van der Waals surface area contributed by atoms with E-state index in [-0.39, 0.29) is 11.2 Å². The summed E-state index contributed by atoms with van der Waals surface area (Å²) in [4.78, 5) is 20.0. The number of rotatable bonds is 5. The van der Waals surface area contributed by atoms with Crippen molar-refractivity contribution in [1.82, 2.24) is 4.98 Å². The van der Waals surface area contributed by atoms with Gasteiger partial charge in [0, 0.05) is 23.9 Å². The Hall–Kier alpha value is -3.89. The SMILES string of the molecule is Cc1cc(COc2ccccc2Br)c(C)c(C2C(C#N)=C(N)N(c3cccnc3)C3=C2C(=O)CC(C)(C)C3)c1. The lowest BCUT2D eigenvalue weighted by molar-refractivity contribution is -0.118. The topological polar surface area (TPSA) is 92.2 Å². The molecule has 1 aromatic heterocycles. The number of allylic oxidation sites excluding steroid dienone is 3. The molecular formula is C32H31BrN4O2. The first-order valence-corrected chi connectivity index (χ1v) is 13.7. The van der Waals surface area contributed by atoms with Crippen molar-refractivity contribution in [3.8, 4) is 11.8 Å². The number of ether oxygens (including phenoxy) is 1. The molecule has 0 saturated carbocycles. The second kappa shape index (κ2) is 10.3. The fourth-order valence-electron chi connectivity index (χ4n) is 5.73. The number of halogens is 1. The number of nitriles is 1. The zero-order chi connectivity index (χ0) is 27.9. The van der Waals surface area contributed by atoms with Gasteiger partial charge in [0.2, 0.25) is 0 Å². The van der Waals surface area contributed by atoms with Gasteiger partial charge in [0.15, 0.2) is 5.78 Å². The number of nitrogens with zero attached hydrogens (tertiary/aromatic N) is 3. The molecule has 0 saturated heterocycles. The number of ketones is 1. The summed E-state index contributed by atoms with van der Waals surface area (Å²) < 4.78 is 7.04. The fraction of sp³-hybridized carbons (Fsp3) is 0.281. The van der Waals surface area contributed by atoms with Gasteiger partial charge in [0.25, 0.3) is 0 Å². The Kier molecular flexibility index (Phi) is 7.09. The lowest BCUT2D eigenvalue weighted by Crippen LogP contribution is -2.42. The van der Waals surface area contributed by atoms with Crippen LogP contribution in [0.5, 0.6) is 5.75 Å². The molecule has 2 aromatic carbocycles. The van der Waals surface area contributed by atoms with Crippen LogP contribution < -0.4 is 15.4 Å². The Morgan fingerprint density at radius 3 is 2.64 bits per heavy atom. The van der Waals surface area contributed by atoms with Crippen LogP contribution in [0.1, 0.15) is 54.9 Å². The number of carbonyl (C=O) groups is 1. The van der Waals surface area contributed by atoms with Crippen LogP contribution in [0.25, 0.3) is 0 Å². The minimum Gasteiger partial charge on any atom is -0.488 e. The molecule has 39 heavy (non-hydrogen) atoms. The number of Topliss-reactive ketones (excluding diaryl/α,β-unsaturated/α-hetero) is 1. The van der Waals surface area contributed by atoms with Crippen molar-refractivity contribution in [3.05, 3.63) is 110 Å². The number of aromatic nitrogens is 1. The number of hydrogen-bond acceptors (Lipinski definition) is 6. The summed E-state index contributed by atoms with van der Waals surface area (Å²) in [5, 5.41) is 10.5. The molecule has 2 N–H and O–H groups in total. The predicted molar refractivity (Wildman–Crippen MR) is 156 cm³/mol. The van der Waals surface area contributed by atoms with Crippen LogP contribution in [0.2, 0.25) is 0 Å². The maximum absolute atomic E-state index is 13.9. The van der Waals surface area contributed by atoms with Crippen LogP contribution >= 0.6 is 15.9 Å². The summed E-state index contributed by atoms with van der Waals surface area (Å²) in [6.07, 6.45) is 4.47. The van der Waals surface area contributed by atoms with Crippen LogP contribution in [-0.4, -0.2) is 10.8 Å². The number of hydrogen-bond donors (Lipinski definition) is 1. The molecule has 6 nitrogen and oxygen atoms in total. The number of anilines is 1. The zero-order valence-corrected chi connectivity index (χ0v) is 24.2. The van der Waals surface area contributed by atoms with E-state index in [0.717, 1.165) is 43.9 Å². The van der Waals surface area contributed by atoms with Crippen LogP contribution in [0.3, 0.4) is 0 Å². The standard InChI is InChI=1S/C32H31BrN4O2/c1-19-12-21(18-39-28-10-6-5-9-25(28)33)20(2)23(13-19)29-24(16-34)31(35)37(22-8-7-11-36-17-22)26-14-32(3,4)15-27(38)30(26)29/h5-13,17,29H,14-15,18,35H2,1-4H3. The first-order chi connectivity index (χ1) is 18.6. The third-order valence-electron chi connectivity index (χ3n) is 7.52. The summed E-state index contributed by atoms with van der Waals surface area (Å²) in [6.45, 7) is 8.60. The van der Waals surface area contributed by atoms with E-state index in [4.69, 9.17) is 10.5 Å². The fourth-order valence-corrected chi connectivity index (χ4v) is 6.13. The van der Waals surface area contributed by atoms with Crippen molar-refractivity contribution < 1.29 is 9.53 Å². The van der Waals surface area contributed by atoms with Crippen molar-refractivity contribution in [2.24, 2.45) is 11.1 Å². The van der Waals surface area contributed by atoms with Gasteiger partial charge in [-0.3, -0.25) is 14.7 Å². The lowest BCUT2D eigenvalue weighted by Gasteiger charge is -2.44. The van der Waals surface area contributed by atoms with Crippen molar-refractivity contribution >= 4 is 27.4 Å². The highest BCUT2D eigenvalue weighted by atomic mass is 79.9. The number of nitrogens with two attached hydrogens (primary N) is 1. The normalized spacial score (nSPS) is 18.6. The number of pyridine rings is 1. The Balaban J connectivity index is 1.67. The van der Waals surface area contributed by atoms with Gasteiger partial charge in [-0.05, 0) is 82.6 Å². The Labute approximate surface area is 237 Å². The molecule has 1 aliphatic heterocycles. The highest BCUT2D eigenvalue weighted by molar-refractivity contribution is 9.10. The maximum Gasteiger partial charge on any atom is 0.162 e. The molecule has 0 radical (unpaired) electrons. The average molecular weight is 584 g/mol. The van der Waals surface area contributed by atoms with E-state index in [0.29, 0.717) is 36.4 Å². The van der Waals surface area contributed by atoms with Gasteiger partial charge in [-0.15, -0.1) is 0 Å². The Bertz CT molecular complexity index is 1570. The molecule has 2 aliphatic rings. The quantitative estimate of drug-likeness (QED) is 0.349. The zero-order valence-electron chi connectivity index (χ0n) is 22.6. The largest absolute Gasteiger partial charge is 0.488 e. The molecule has 5 rings (SSSR count). The van der Waals surface area contributed by atoms with Crippen LogP contribution in [0.15, 0.2) is 88.1 Å². The van der Waals surface area contributed by atoms with E-state index in [1.807, 2.05) is 55.1 Å². The molecule has 2 heterocycles. The number of aryl methyl sites for hydroxylation is 1. The molecular weight excluding hydrogens is 552 g/mol. The molecule has 0 fully saturated rings. The molecule has 0 bridgehead atoms. The molecule has 1 unspecified atom stereocenters. The summed E-state index contributed by atoms with van der Waals surface area (Å²) in [5.74, 6) is 0.587. The second-order valence-corrected chi connectivity index (χ2v) is 11.9. The number of para-hydroxylation sites is 1. The Morgan fingerprint density at radius 1 is 1.18 bits per heavy atom. The van der Waals surface area contributed by atoms with Crippen LogP contribution in [0.4, 0.5) is 5.69 Å². The molecule has 0 spiro atoms. The minimum atomic E-state index is -0.552. The molecule has 0 amide bonds. The van der Waals surface area contributed by atoms with Gasteiger partial charge in [-0.25, -0.2) is 0 Å². The van der Waals surface area contributed by atoms with Gasteiger partial charge in [-0.2, -0.15) is 5.26 Å². The average Bonchev–Trinajstić information content (AvgIpc) is 2.89. The van der Waals surface area contributed by atoms with Crippen molar-refractivity contribution in [3.63, 3.8) is 0 Å². The van der Waals surface area contributed by atoms with Crippen LogP contribution in [0, 0.1) is 30.6 Å². The highest BCUT2D eigenvalue weighted by Gasteiger charge is 2.45. The van der Waals surface area contributed by atoms with Crippen LogP contribution in [-0.2, 0) is 11.4 Å². The number of benzene rings is 2. The summed E-state index contributed by atoms with van der Waals surface area (Å²) in [6, 6.07) is 18.0. The second-order valence-electron chi connectivity index (χ2n) is 11.0. The maximum atomic E-state index is 13.9. The van der Waals surface area contributed by atoms with Gasteiger partial charge in [-0.1, -0.05) is 43.7 Å². The monoisotopic (exact) mass is 582 g/mol. The summed E-state index contributed by atoms with van der Waals surface area (Å²) in [7, 11) is 0. The van der Waals surface area contributed by atoms with E-state index >= 15 is 0 Å².